The zero-order chi connectivity index (χ0) is 17.6. The second-order valence-corrected chi connectivity index (χ2v) is 5.62. The summed E-state index contributed by atoms with van der Waals surface area (Å²) >= 11 is 0. The van der Waals surface area contributed by atoms with Crippen LogP contribution in [0.1, 0.15) is 13.8 Å². The van der Waals surface area contributed by atoms with Crippen molar-refractivity contribution in [1.82, 2.24) is 20.0 Å². The molecular formula is C18H23N5O2. The average Bonchev–Trinajstić information content (AvgIpc) is 3.10. The lowest BCUT2D eigenvalue weighted by Crippen LogP contribution is -2.28. The smallest absolute Gasteiger partial charge is 0.263 e. The van der Waals surface area contributed by atoms with Crippen LogP contribution in [0, 0.1) is 0 Å². The third-order valence-electron chi connectivity index (χ3n) is 4.23. The largest absolute Gasteiger partial charge is 0.497 e. The Labute approximate surface area is 147 Å². The number of anilines is 1. The maximum Gasteiger partial charge on any atom is 0.263 e. The van der Waals surface area contributed by atoms with Crippen molar-refractivity contribution in [2.45, 2.75) is 13.8 Å². The van der Waals surface area contributed by atoms with E-state index in [4.69, 9.17) is 9.26 Å². The van der Waals surface area contributed by atoms with Crippen LogP contribution < -0.4 is 10.1 Å². The van der Waals surface area contributed by atoms with Gasteiger partial charge in [0.25, 0.3) is 5.71 Å². The van der Waals surface area contributed by atoms with E-state index in [1.807, 2.05) is 24.3 Å². The number of hydrogen-bond donors (Lipinski definition) is 1. The van der Waals surface area contributed by atoms with Crippen LogP contribution in [-0.2, 0) is 0 Å². The van der Waals surface area contributed by atoms with E-state index in [0.717, 1.165) is 48.7 Å². The normalized spacial score (nSPS) is 11.2. The van der Waals surface area contributed by atoms with Gasteiger partial charge in [0, 0.05) is 18.7 Å². The average molecular weight is 341 g/mol. The molecule has 132 valence electrons. The standard InChI is InChI=1S/C18H23N5O2/c1-4-23(5-2)10-9-19-17-15-16(22-25-18(15)21-12-20-17)13-7-6-8-14(11-13)24-3/h6-8,11-12H,4-5,9-10H2,1-3H3,(H,19,20,21). The molecule has 0 saturated heterocycles. The minimum Gasteiger partial charge on any atom is -0.497 e. The first-order chi connectivity index (χ1) is 12.3. The maximum absolute atomic E-state index is 5.40. The minimum absolute atomic E-state index is 0.471. The maximum atomic E-state index is 5.40. The van der Waals surface area contributed by atoms with Crippen molar-refractivity contribution in [3.63, 3.8) is 0 Å². The Kier molecular flexibility index (Phi) is 5.45. The summed E-state index contributed by atoms with van der Waals surface area (Å²) < 4.78 is 10.7. The molecule has 0 unspecified atom stereocenters. The molecule has 7 nitrogen and oxygen atoms in total. The predicted octanol–water partition coefficient (Wildman–Crippen LogP) is 3.05. The first-order valence-corrected chi connectivity index (χ1v) is 8.47. The number of fused-ring (bicyclic) bond motifs is 1. The van der Waals surface area contributed by atoms with Crippen LogP contribution in [-0.4, -0.2) is 53.3 Å². The number of aromatic nitrogens is 3. The molecule has 3 rings (SSSR count). The highest BCUT2D eigenvalue weighted by atomic mass is 16.5. The van der Waals surface area contributed by atoms with Crippen LogP contribution >= 0.6 is 0 Å². The first kappa shape index (κ1) is 17.2. The molecule has 2 aromatic heterocycles. The van der Waals surface area contributed by atoms with E-state index < -0.39 is 0 Å². The third kappa shape index (κ3) is 3.71. The lowest BCUT2D eigenvalue weighted by molar-refractivity contribution is 0.316. The summed E-state index contributed by atoms with van der Waals surface area (Å²) in [7, 11) is 1.64. The van der Waals surface area contributed by atoms with Crippen molar-refractivity contribution in [2.75, 3.05) is 38.6 Å². The van der Waals surface area contributed by atoms with Crippen molar-refractivity contribution in [3.05, 3.63) is 30.6 Å². The third-order valence-corrected chi connectivity index (χ3v) is 4.23. The van der Waals surface area contributed by atoms with Gasteiger partial charge in [-0.05, 0) is 25.2 Å². The van der Waals surface area contributed by atoms with Gasteiger partial charge in [-0.3, -0.25) is 0 Å². The molecule has 0 fully saturated rings. The van der Waals surface area contributed by atoms with Gasteiger partial charge in [-0.25, -0.2) is 4.98 Å². The van der Waals surface area contributed by atoms with Gasteiger partial charge < -0.3 is 19.5 Å². The van der Waals surface area contributed by atoms with Gasteiger partial charge in [0.05, 0.1) is 7.11 Å². The number of ether oxygens (including phenoxy) is 1. The monoisotopic (exact) mass is 341 g/mol. The van der Waals surface area contributed by atoms with E-state index in [-0.39, 0.29) is 0 Å². The molecule has 25 heavy (non-hydrogen) atoms. The number of likely N-dealkylation sites (N-methyl/N-ethyl adjacent to an activating group) is 1. The van der Waals surface area contributed by atoms with Gasteiger partial charge in [0.2, 0.25) is 0 Å². The second-order valence-electron chi connectivity index (χ2n) is 5.62. The second kappa shape index (κ2) is 7.94. The summed E-state index contributed by atoms with van der Waals surface area (Å²) in [6.07, 6.45) is 1.49. The van der Waals surface area contributed by atoms with E-state index in [1.165, 1.54) is 6.33 Å². The molecule has 2 heterocycles. The van der Waals surface area contributed by atoms with Gasteiger partial charge >= 0.3 is 0 Å². The van der Waals surface area contributed by atoms with Gasteiger partial charge in [0.15, 0.2) is 0 Å². The molecule has 1 N–H and O–H groups in total. The molecule has 0 aliphatic carbocycles. The predicted molar refractivity (Wildman–Crippen MR) is 97.9 cm³/mol. The van der Waals surface area contributed by atoms with Crippen LogP contribution in [0.25, 0.3) is 22.4 Å². The minimum atomic E-state index is 0.471. The highest BCUT2D eigenvalue weighted by Gasteiger charge is 2.17. The molecule has 0 saturated carbocycles. The van der Waals surface area contributed by atoms with E-state index in [9.17, 15) is 0 Å². The number of rotatable bonds is 8. The van der Waals surface area contributed by atoms with Crippen LogP contribution in [0.4, 0.5) is 5.82 Å². The summed E-state index contributed by atoms with van der Waals surface area (Å²) in [5.41, 5.74) is 2.08. The first-order valence-electron chi connectivity index (χ1n) is 8.47. The molecule has 7 heteroatoms. The van der Waals surface area contributed by atoms with E-state index in [2.05, 4.69) is 39.2 Å². The van der Waals surface area contributed by atoms with Crippen LogP contribution in [0.15, 0.2) is 35.1 Å². The summed E-state index contributed by atoms with van der Waals surface area (Å²) in [6.45, 7) is 8.11. The van der Waals surface area contributed by atoms with Crippen molar-refractivity contribution in [2.24, 2.45) is 0 Å². The number of benzene rings is 1. The molecule has 0 radical (unpaired) electrons. The van der Waals surface area contributed by atoms with Crippen molar-refractivity contribution >= 4 is 16.9 Å². The van der Waals surface area contributed by atoms with Gasteiger partial charge in [-0.1, -0.05) is 31.1 Å². The SMILES string of the molecule is CCN(CC)CCNc1ncnc2onc(-c3cccc(OC)c3)c12. The zero-order valence-corrected chi connectivity index (χ0v) is 14.8. The lowest BCUT2D eigenvalue weighted by Gasteiger charge is -2.18. The molecular weight excluding hydrogens is 318 g/mol. The molecule has 0 amide bonds. The Bertz CT molecular complexity index is 829. The van der Waals surface area contributed by atoms with Crippen LogP contribution in [0.3, 0.4) is 0 Å². The highest BCUT2D eigenvalue weighted by Crippen LogP contribution is 2.32. The molecule has 3 aromatic rings. The van der Waals surface area contributed by atoms with E-state index in [0.29, 0.717) is 11.4 Å². The molecule has 0 spiro atoms. The molecule has 0 aliphatic rings. The van der Waals surface area contributed by atoms with Gasteiger partial charge in [-0.15, -0.1) is 0 Å². The molecule has 1 aromatic carbocycles. The fraction of sp³-hybridized carbons (Fsp3) is 0.389. The topological polar surface area (TPSA) is 76.3 Å². The highest BCUT2D eigenvalue weighted by molar-refractivity contribution is 5.97. The summed E-state index contributed by atoms with van der Waals surface area (Å²) in [5.74, 6) is 1.50. The molecule has 0 atom stereocenters. The van der Waals surface area contributed by atoms with Gasteiger partial charge in [-0.2, -0.15) is 4.98 Å². The Balaban J connectivity index is 1.90. The summed E-state index contributed by atoms with van der Waals surface area (Å²) in [5, 5.41) is 8.37. The fourth-order valence-corrected chi connectivity index (χ4v) is 2.76. The fourth-order valence-electron chi connectivity index (χ4n) is 2.76. The van der Waals surface area contributed by atoms with E-state index in [1.54, 1.807) is 7.11 Å². The van der Waals surface area contributed by atoms with E-state index >= 15 is 0 Å². The lowest BCUT2D eigenvalue weighted by atomic mass is 10.1. The van der Waals surface area contributed by atoms with Crippen molar-refractivity contribution < 1.29 is 9.26 Å². The number of nitrogens with zero attached hydrogens (tertiary/aromatic N) is 4. The summed E-state index contributed by atoms with van der Waals surface area (Å²) in [6, 6.07) is 7.70. The van der Waals surface area contributed by atoms with Gasteiger partial charge in [0.1, 0.15) is 29.0 Å². The Morgan fingerprint density at radius 3 is 2.80 bits per heavy atom. The quantitative estimate of drug-likeness (QED) is 0.675. The van der Waals surface area contributed by atoms with Crippen molar-refractivity contribution in [1.29, 1.82) is 0 Å². The summed E-state index contributed by atoms with van der Waals surface area (Å²) in [4.78, 5) is 10.9. The van der Waals surface area contributed by atoms with Crippen molar-refractivity contribution in [3.8, 4) is 17.0 Å². The Hall–Kier alpha value is -2.67. The zero-order valence-electron chi connectivity index (χ0n) is 14.8. The Morgan fingerprint density at radius 1 is 1.20 bits per heavy atom. The number of nitrogens with one attached hydrogen (secondary N) is 1. The number of methoxy groups -OCH3 is 1. The Morgan fingerprint density at radius 2 is 2.04 bits per heavy atom. The van der Waals surface area contributed by atoms with Crippen LogP contribution in [0.5, 0.6) is 5.75 Å². The molecule has 0 aliphatic heterocycles. The van der Waals surface area contributed by atoms with Crippen LogP contribution in [0.2, 0.25) is 0 Å². The number of hydrogen-bond acceptors (Lipinski definition) is 7. The molecule has 0 bridgehead atoms.